The lowest BCUT2D eigenvalue weighted by atomic mass is 10.3. The molecule has 0 rings (SSSR count). The molecule has 4 nitrogen and oxygen atoms in total. The molecule has 0 aliphatic rings. The van der Waals surface area contributed by atoms with Crippen molar-refractivity contribution in [3.05, 3.63) is 0 Å². The molecule has 0 aliphatic carbocycles. The van der Waals surface area contributed by atoms with Gasteiger partial charge in [-0.1, -0.05) is 6.92 Å². The summed E-state index contributed by atoms with van der Waals surface area (Å²) in [5.74, 6) is -0.0400. The van der Waals surface area contributed by atoms with Gasteiger partial charge in [0.15, 0.2) is 0 Å². The van der Waals surface area contributed by atoms with Gasteiger partial charge in [0.05, 0.1) is 12.2 Å². The van der Waals surface area contributed by atoms with E-state index in [1.54, 1.807) is 20.8 Å². The summed E-state index contributed by atoms with van der Waals surface area (Å²) in [7, 11) is 0. The molecule has 0 saturated heterocycles. The predicted molar refractivity (Wildman–Crippen MR) is 50.2 cm³/mol. The van der Waals surface area contributed by atoms with Gasteiger partial charge in [0.2, 0.25) is 5.91 Å². The van der Waals surface area contributed by atoms with Crippen LogP contribution in [-0.2, 0) is 4.79 Å². The number of rotatable bonds is 5. The van der Waals surface area contributed by atoms with Crippen molar-refractivity contribution in [1.82, 2.24) is 4.90 Å². The first-order valence-corrected chi connectivity index (χ1v) is 4.61. The Bertz CT molecular complexity index is 147. The van der Waals surface area contributed by atoms with Gasteiger partial charge in [-0.15, -0.1) is 0 Å². The van der Waals surface area contributed by atoms with Gasteiger partial charge in [-0.05, 0) is 13.8 Å². The van der Waals surface area contributed by atoms with Crippen molar-refractivity contribution in [3.63, 3.8) is 0 Å². The Morgan fingerprint density at radius 1 is 1.23 bits per heavy atom. The number of aliphatic hydroxyl groups excluding tert-OH is 2. The topological polar surface area (TPSA) is 60.8 Å². The van der Waals surface area contributed by atoms with Crippen molar-refractivity contribution in [1.29, 1.82) is 0 Å². The summed E-state index contributed by atoms with van der Waals surface area (Å²) >= 11 is 0. The minimum atomic E-state index is -0.547. The summed E-state index contributed by atoms with van der Waals surface area (Å²) in [5, 5.41) is 18.2. The molecule has 2 N–H and O–H groups in total. The maximum absolute atomic E-state index is 11.3. The van der Waals surface area contributed by atoms with Gasteiger partial charge in [-0.2, -0.15) is 0 Å². The highest BCUT2D eigenvalue weighted by molar-refractivity contribution is 5.75. The SMILES string of the molecule is CCC(=O)N(CC(C)O)CC(C)O. The highest BCUT2D eigenvalue weighted by Crippen LogP contribution is 1.98. The summed E-state index contributed by atoms with van der Waals surface area (Å²) < 4.78 is 0. The number of hydrogen-bond acceptors (Lipinski definition) is 3. The van der Waals surface area contributed by atoms with E-state index >= 15 is 0 Å². The van der Waals surface area contributed by atoms with Crippen LogP contribution in [0.5, 0.6) is 0 Å². The molecule has 0 fully saturated rings. The molecule has 2 unspecified atom stereocenters. The Balaban J connectivity index is 4.10. The van der Waals surface area contributed by atoms with Crippen LogP contribution in [0.4, 0.5) is 0 Å². The molecule has 0 saturated carbocycles. The van der Waals surface area contributed by atoms with Crippen LogP contribution in [-0.4, -0.2) is 46.3 Å². The Morgan fingerprint density at radius 3 is 1.85 bits per heavy atom. The third-order valence-corrected chi connectivity index (χ3v) is 1.62. The predicted octanol–water partition coefficient (Wildman–Crippen LogP) is -0.0134. The maximum atomic E-state index is 11.3. The van der Waals surface area contributed by atoms with E-state index in [1.807, 2.05) is 0 Å². The average molecular weight is 189 g/mol. The number of carbonyl (C=O) groups is 1. The molecule has 0 bridgehead atoms. The lowest BCUT2D eigenvalue weighted by Crippen LogP contribution is -2.40. The lowest BCUT2D eigenvalue weighted by molar-refractivity contribution is -0.133. The first kappa shape index (κ1) is 12.4. The molecule has 2 atom stereocenters. The second-order valence-electron chi connectivity index (χ2n) is 3.35. The standard InChI is InChI=1S/C9H19NO3/c1-4-9(13)10(5-7(2)11)6-8(3)12/h7-8,11-12H,4-6H2,1-3H3. The Labute approximate surface area is 79.2 Å². The van der Waals surface area contributed by atoms with E-state index in [0.29, 0.717) is 6.42 Å². The third-order valence-electron chi connectivity index (χ3n) is 1.62. The van der Waals surface area contributed by atoms with E-state index in [2.05, 4.69) is 0 Å². The van der Waals surface area contributed by atoms with Crippen molar-refractivity contribution in [2.24, 2.45) is 0 Å². The number of nitrogens with zero attached hydrogens (tertiary/aromatic N) is 1. The fourth-order valence-electron chi connectivity index (χ4n) is 1.14. The Kier molecular flexibility index (Phi) is 5.66. The molecule has 78 valence electrons. The maximum Gasteiger partial charge on any atom is 0.222 e. The van der Waals surface area contributed by atoms with Crippen molar-refractivity contribution in [2.75, 3.05) is 13.1 Å². The van der Waals surface area contributed by atoms with Crippen molar-refractivity contribution >= 4 is 5.91 Å². The third kappa shape index (κ3) is 5.60. The highest BCUT2D eigenvalue weighted by Gasteiger charge is 2.15. The van der Waals surface area contributed by atoms with Crippen LogP contribution in [0.3, 0.4) is 0 Å². The Morgan fingerprint density at radius 2 is 1.62 bits per heavy atom. The molecule has 0 aromatic heterocycles. The van der Waals surface area contributed by atoms with Gasteiger partial charge >= 0.3 is 0 Å². The zero-order valence-electron chi connectivity index (χ0n) is 8.53. The quantitative estimate of drug-likeness (QED) is 0.639. The Hall–Kier alpha value is -0.610. The number of amides is 1. The second kappa shape index (κ2) is 5.94. The van der Waals surface area contributed by atoms with Gasteiger partial charge in [0.1, 0.15) is 0 Å². The van der Waals surface area contributed by atoms with Gasteiger partial charge in [-0.25, -0.2) is 0 Å². The molecule has 13 heavy (non-hydrogen) atoms. The summed E-state index contributed by atoms with van der Waals surface area (Å²) in [6.07, 6.45) is -0.692. The normalized spacial score (nSPS) is 15.2. The van der Waals surface area contributed by atoms with Crippen LogP contribution < -0.4 is 0 Å². The zero-order valence-corrected chi connectivity index (χ0v) is 8.53. The summed E-state index contributed by atoms with van der Waals surface area (Å²) in [4.78, 5) is 12.8. The largest absolute Gasteiger partial charge is 0.392 e. The number of hydrogen-bond donors (Lipinski definition) is 2. The fraction of sp³-hybridized carbons (Fsp3) is 0.889. The molecule has 0 radical (unpaired) electrons. The highest BCUT2D eigenvalue weighted by atomic mass is 16.3. The van der Waals surface area contributed by atoms with Gasteiger partial charge in [0.25, 0.3) is 0 Å². The zero-order chi connectivity index (χ0) is 10.4. The second-order valence-corrected chi connectivity index (χ2v) is 3.35. The smallest absolute Gasteiger partial charge is 0.222 e. The fourth-order valence-corrected chi connectivity index (χ4v) is 1.14. The molecule has 0 aromatic rings. The summed E-state index contributed by atoms with van der Waals surface area (Å²) in [5.41, 5.74) is 0. The minimum absolute atomic E-state index is 0.0400. The molecular formula is C9H19NO3. The van der Waals surface area contributed by atoms with Crippen LogP contribution in [0.1, 0.15) is 27.2 Å². The van der Waals surface area contributed by atoms with Crippen LogP contribution in [0.25, 0.3) is 0 Å². The van der Waals surface area contributed by atoms with Crippen LogP contribution >= 0.6 is 0 Å². The molecule has 0 aromatic carbocycles. The van der Waals surface area contributed by atoms with E-state index in [1.165, 1.54) is 4.90 Å². The van der Waals surface area contributed by atoms with E-state index < -0.39 is 12.2 Å². The average Bonchev–Trinajstić information content (AvgIpc) is 2.00. The molecule has 0 heterocycles. The molecule has 0 aliphatic heterocycles. The molecule has 1 amide bonds. The number of carbonyl (C=O) groups excluding carboxylic acids is 1. The van der Waals surface area contributed by atoms with E-state index in [-0.39, 0.29) is 19.0 Å². The first-order valence-electron chi connectivity index (χ1n) is 4.61. The van der Waals surface area contributed by atoms with Crippen molar-refractivity contribution in [3.8, 4) is 0 Å². The number of aliphatic hydroxyl groups is 2. The molecule has 0 spiro atoms. The van der Waals surface area contributed by atoms with Crippen molar-refractivity contribution in [2.45, 2.75) is 39.4 Å². The van der Waals surface area contributed by atoms with Gasteiger partial charge in [-0.3, -0.25) is 4.79 Å². The lowest BCUT2D eigenvalue weighted by Gasteiger charge is -2.24. The summed E-state index contributed by atoms with van der Waals surface area (Å²) in [6, 6.07) is 0. The monoisotopic (exact) mass is 189 g/mol. The summed E-state index contributed by atoms with van der Waals surface area (Å²) in [6.45, 7) is 5.59. The van der Waals surface area contributed by atoms with Crippen LogP contribution in [0.2, 0.25) is 0 Å². The van der Waals surface area contributed by atoms with E-state index in [9.17, 15) is 4.79 Å². The first-order chi connectivity index (χ1) is 5.97. The van der Waals surface area contributed by atoms with Gasteiger partial charge < -0.3 is 15.1 Å². The molecular weight excluding hydrogens is 170 g/mol. The van der Waals surface area contributed by atoms with Crippen LogP contribution in [0, 0.1) is 0 Å². The van der Waals surface area contributed by atoms with Gasteiger partial charge in [0, 0.05) is 19.5 Å². The molecule has 4 heteroatoms. The minimum Gasteiger partial charge on any atom is -0.392 e. The van der Waals surface area contributed by atoms with E-state index in [4.69, 9.17) is 10.2 Å². The van der Waals surface area contributed by atoms with Crippen LogP contribution in [0.15, 0.2) is 0 Å². The van der Waals surface area contributed by atoms with Crippen molar-refractivity contribution < 1.29 is 15.0 Å². The van der Waals surface area contributed by atoms with E-state index in [0.717, 1.165) is 0 Å².